The van der Waals surface area contributed by atoms with E-state index in [0.717, 1.165) is 6.07 Å². The van der Waals surface area contributed by atoms with E-state index in [4.69, 9.17) is 55.1 Å². The molecule has 31 heteroatoms. The quantitative estimate of drug-likeness (QED) is 0.00679. The molecule has 104 heavy (non-hydrogen) atoms. The predicted molar refractivity (Wildman–Crippen MR) is 365 cm³/mol. The Morgan fingerprint density at radius 1 is 0.481 bits per heavy atom. The van der Waals surface area contributed by atoms with Crippen LogP contribution < -0.4 is 33.2 Å². The number of hydrogen-bond donors (Lipinski definition) is 7. The predicted octanol–water partition coefficient (Wildman–Crippen LogP) is 7.06. The Hall–Kier alpha value is -13.2. The third-order valence-electron chi connectivity index (χ3n) is 14.8. The van der Waals surface area contributed by atoms with Gasteiger partial charge < -0.3 is 73.6 Å². The van der Waals surface area contributed by atoms with E-state index in [9.17, 15) is 78.9 Å². The fourth-order valence-electron chi connectivity index (χ4n) is 11.1. The highest BCUT2D eigenvalue weighted by Gasteiger charge is 2.47. The number of carbonyl (C=O) groups is 9. The van der Waals surface area contributed by atoms with Crippen molar-refractivity contribution in [2.24, 2.45) is 4.99 Å². The highest BCUT2D eigenvalue weighted by molar-refractivity contribution is 7.78. The summed E-state index contributed by atoms with van der Waals surface area (Å²) in [5, 5.41) is 72.0. The molecule has 3 aromatic heterocycles. The summed E-state index contributed by atoms with van der Waals surface area (Å²) in [6.45, 7) is 1.16. The zero-order valence-corrected chi connectivity index (χ0v) is 56.3. The van der Waals surface area contributed by atoms with Crippen LogP contribution in [0.5, 0.6) is 40.4 Å². The maximum Gasteiger partial charge on any atom is 0.354 e. The summed E-state index contributed by atoms with van der Waals surface area (Å²) in [6.07, 6.45) is -1.29. The van der Waals surface area contributed by atoms with Gasteiger partial charge in [0.25, 0.3) is 12.9 Å². The lowest BCUT2D eigenvalue weighted by molar-refractivity contribution is -0.142. The van der Waals surface area contributed by atoms with Crippen molar-refractivity contribution in [2.45, 2.75) is 65.2 Å². The van der Waals surface area contributed by atoms with Crippen LogP contribution in [0.2, 0.25) is 0 Å². The molecule has 534 valence electrons. The molecule has 0 spiro atoms. The van der Waals surface area contributed by atoms with E-state index in [1.165, 1.54) is 52.3 Å². The third-order valence-corrected chi connectivity index (χ3v) is 14.9. The van der Waals surface area contributed by atoms with Gasteiger partial charge in [0, 0.05) is 84.2 Å². The summed E-state index contributed by atoms with van der Waals surface area (Å²) in [7, 11) is 0. The number of carboxylic acids is 7. The number of aliphatic imine (C=N–C) groups is 1. The van der Waals surface area contributed by atoms with Crippen LogP contribution in [0.1, 0.15) is 111 Å². The molecule has 1 aliphatic rings. The molecule has 0 unspecified atom stereocenters. The standard InChI is InChI=1S/C73H62N6O24S/c1-4-97-52-25-63(101-37-70(90)91)57(64(26-52)102-38-71(92)93)14-10-45-19-50(76-60(22-45)72(94)95)34-79(40-96-41-80)33-49-18-44(8-7-43-9-13-54-55-16-12-47(74-39-104)24-59(55)73(29-66(82)83,30-67(84)85)58(54)21-43)17-48(75-49)31-78(35-68(86)87)32-51-20-46(23-65(77-51)103-42-81)11-15-56-61(98-5-2)27-53(100-36-69(88)89)28-62(56)99-6-3/h9,12-13,16-28,41-42H,4-6,29-38,40H2,1-3H3,(H,82,83)(H,84,85)(H,86,87)(H,88,89)(H,90,91)(H,92,93)(H,94,95). The Morgan fingerprint density at radius 3 is 1.44 bits per heavy atom. The van der Waals surface area contributed by atoms with E-state index < -0.39 is 98.8 Å². The molecule has 0 amide bonds. The molecule has 0 fully saturated rings. The Balaban J connectivity index is 1.23. The van der Waals surface area contributed by atoms with Crippen LogP contribution in [0.25, 0.3) is 11.1 Å². The van der Waals surface area contributed by atoms with Gasteiger partial charge in [-0.3, -0.25) is 38.8 Å². The molecule has 1 aliphatic carbocycles. The summed E-state index contributed by atoms with van der Waals surface area (Å²) >= 11 is 4.83. The molecule has 8 rings (SSSR count). The van der Waals surface area contributed by atoms with Crippen molar-refractivity contribution in [1.29, 1.82) is 0 Å². The first-order chi connectivity index (χ1) is 49.9. The maximum absolute atomic E-state index is 12.8. The molecule has 4 aromatic carbocycles. The molecule has 0 saturated heterocycles. The van der Waals surface area contributed by atoms with Crippen molar-refractivity contribution in [3.8, 4) is 87.0 Å². The molecule has 0 saturated carbocycles. The SMILES string of the molecule is CCOc1cc(OCC(=O)O)c(C#Cc2cc(CN(COC=O)Cc3cc(C#Cc4ccc5c(c4)C(CC(=O)O)(CC(=O)O)c4cc(N=C=S)ccc4-5)cc(CN(CC(=O)O)Cc4cc(C#Cc5c(OCC)cc(OCC(=O)O)cc5OCC)cc(OC=O)n4)n3)nc(C(=O)O)c2)c(OCC(=O)O)c1. The number of aliphatic carboxylic acids is 6. The number of ether oxygens (including phenoxy) is 8. The molecular formula is C73H62N6O24S. The van der Waals surface area contributed by atoms with Gasteiger partial charge in [-0.1, -0.05) is 47.7 Å². The van der Waals surface area contributed by atoms with Gasteiger partial charge in [0.05, 0.1) is 72.8 Å². The Morgan fingerprint density at radius 2 is 0.942 bits per heavy atom. The number of rotatable bonds is 36. The molecule has 30 nitrogen and oxygen atoms in total. The Kier molecular flexibility index (Phi) is 26.6. The second-order valence-electron chi connectivity index (χ2n) is 22.3. The van der Waals surface area contributed by atoms with Crippen LogP contribution in [-0.2, 0) is 74.7 Å². The van der Waals surface area contributed by atoms with Crippen molar-refractivity contribution in [3.05, 3.63) is 170 Å². The molecule has 0 aliphatic heterocycles. The number of thiocarbonyl (C=S) groups is 1. The lowest BCUT2D eigenvalue weighted by Gasteiger charge is -2.29. The number of carboxylic acid groups (broad SMARTS) is 7. The van der Waals surface area contributed by atoms with Gasteiger partial charge in [-0.05, 0) is 110 Å². The third kappa shape index (κ3) is 21.2. The molecule has 0 atom stereocenters. The molecule has 7 N–H and O–H groups in total. The molecular weight excluding hydrogens is 1380 g/mol. The first kappa shape index (κ1) is 76.5. The van der Waals surface area contributed by atoms with Gasteiger partial charge in [-0.2, -0.15) is 4.99 Å². The van der Waals surface area contributed by atoms with Crippen molar-refractivity contribution >= 4 is 77.8 Å². The van der Waals surface area contributed by atoms with E-state index in [-0.39, 0.29) is 150 Å². The minimum absolute atomic E-state index is 0.00516. The van der Waals surface area contributed by atoms with Crippen LogP contribution in [0.3, 0.4) is 0 Å². The van der Waals surface area contributed by atoms with Crippen LogP contribution in [0.4, 0.5) is 5.69 Å². The second kappa shape index (κ2) is 36.2. The van der Waals surface area contributed by atoms with Gasteiger partial charge in [0.2, 0.25) is 5.88 Å². The maximum atomic E-state index is 12.8. The first-order valence-electron chi connectivity index (χ1n) is 31.1. The van der Waals surface area contributed by atoms with Crippen LogP contribution >= 0.6 is 12.2 Å². The fraction of sp³-hybridized carbons (Fsp3) is 0.247. The Labute approximate surface area is 597 Å². The largest absolute Gasteiger partial charge is 0.494 e. The Bertz CT molecular complexity index is 4690. The average molecular weight is 1440 g/mol. The van der Waals surface area contributed by atoms with Crippen molar-refractivity contribution in [1.82, 2.24) is 24.8 Å². The van der Waals surface area contributed by atoms with E-state index in [0.29, 0.717) is 33.5 Å². The number of pyridine rings is 3. The first-order valence-corrected chi connectivity index (χ1v) is 31.5. The van der Waals surface area contributed by atoms with E-state index in [2.05, 4.69) is 55.6 Å². The van der Waals surface area contributed by atoms with E-state index >= 15 is 0 Å². The fourth-order valence-corrected chi connectivity index (χ4v) is 11.2. The van der Waals surface area contributed by atoms with Crippen LogP contribution in [0, 0.1) is 35.5 Å². The van der Waals surface area contributed by atoms with Crippen LogP contribution in [0.15, 0.2) is 102 Å². The van der Waals surface area contributed by atoms with Gasteiger partial charge >= 0.3 is 41.8 Å². The summed E-state index contributed by atoms with van der Waals surface area (Å²) in [5.74, 6) is 8.42. The molecule has 3 heterocycles. The number of fused-ring (bicyclic) bond motifs is 3. The highest BCUT2D eigenvalue weighted by Crippen LogP contribution is 2.54. The number of aromatic nitrogens is 3. The van der Waals surface area contributed by atoms with Crippen molar-refractivity contribution in [2.75, 3.05) is 52.9 Å². The lowest BCUT2D eigenvalue weighted by atomic mass is 9.72. The second-order valence-corrected chi connectivity index (χ2v) is 22.5. The molecule has 0 bridgehead atoms. The summed E-state index contributed by atoms with van der Waals surface area (Å²) in [5.41, 5.74) is 1.37. The number of hydrogen-bond acceptors (Lipinski definition) is 24. The number of benzene rings is 4. The van der Waals surface area contributed by atoms with Crippen molar-refractivity contribution < 1.29 is 117 Å². The van der Waals surface area contributed by atoms with Gasteiger partial charge in [-0.15, -0.1) is 0 Å². The summed E-state index contributed by atoms with van der Waals surface area (Å²) in [6, 6.07) is 23.8. The number of nitrogens with zero attached hydrogens (tertiary/aromatic N) is 6. The number of carbonyl (C=O) groups excluding carboxylic acids is 2. The average Bonchev–Trinajstić information content (AvgIpc) is 1.56. The zero-order chi connectivity index (χ0) is 75.0. The monoisotopic (exact) mass is 1440 g/mol. The normalized spacial score (nSPS) is 11.2. The zero-order valence-electron chi connectivity index (χ0n) is 55.5. The van der Waals surface area contributed by atoms with E-state index in [1.54, 1.807) is 69.3 Å². The van der Waals surface area contributed by atoms with Gasteiger partial charge in [0.15, 0.2) is 19.8 Å². The summed E-state index contributed by atoms with van der Waals surface area (Å²) < 4.78 is 44.2. The number of isothiocyanates is 1. The lowest BCUT2D eigenvalue weighted by Crippen LogP contribution is -2.31. The van der Waals surface area contributed by atoms with Crippen molar-refractivity contribution in [3.63, 3.8) is 0 Å². The molecule has 7 aromatic rings. The van der Waals surface area contributed by atoms with E-state index in [1.807, 2.05) is 0 Å². The topological polar surface area (TPSA) is 427 Å². The van der Waals surface area contributed by atoms with Gasteiger partial charge in [-0.25, -0.2) is 29.1 Å². The summed E-state index contributed by atoms with van der Waals surface area (Å²) in [4.78, 5) is 130. The van der Waals surface area contributed by atoms with Gasteiger partial charge in [0.1, 0.15) is 58.0 Å². The minimum Gasteiger partial charge on any atom is -0.494 e. The molecule has 0 radical (unpaired) electrons. The minimum atomic E-state index is -1.62. The van der Waals surface area contributed by atoms with Crippen LogP contribution in [-0.4, -0.2) is 173 Å². The smallest absolute Gasteiger partial charge is 0.354 e. The number of aromatic carboxylic acids is 1. The highest BCUT2D eigenvalue weighted by atomic mass is 32.1.